The third-order valence-electron chi connectivity index (χ3n) is 7.89. The van der Waals surface area contributed by atoms with Crippen molar-refractivity contribution in [2.75, 3.05) is 13.2 Å². The van der Waals surface area contributed by atoms with Crippen molar-refractivity contribution >= 4 is 11.9 Å². The quantitative estimate of drug-likeness (QED) is 0.0616. The third-order valence-corrected chi connectivity index (χ3v) is 7.89. The van der Waals surface area contributed by atoms with Crippen molar-refractivity contribution in [3.05, 3.63) is 59.7 Å². The second kappa shape index (κ2) is 24.6. The Morgan fingerprint density at radius 1 is 0.442 bits per heavy atom. The SMILES string of the molecule is CCCCCCCCCCCCCCOc1ccc(C(=O)Oc2ccc(C(=O)OCCCCCCCCCC)cc2)cc1. The minimum absolute atomic E-state index is 0.347. The summed E-state index contributed by atoms with van der Waals surface area (Å²) in [7, 11) is 0. The predicted molar refractivity (Wildman–Crippen MR) is 177 cm³/mol. The number of hydrogen-bond acceptors (Lipinski definition) is 5. The first-order valence-electron chi connectivity index (χ1n) is 17.4. The summed E-state index contributed by atoms with van der Waals surface area (Å²) in [6.07, 6.45) is 25.5. The van der Waals surface area contributed by atoms with Gasteiger partial charge in [-0.2, -0.15) is 0 Å². The number of ether oxygens (including phenoxy) is 3. The molecule has 0 atom stereocenters. The highest BCUT2D eigenvalue weighted by atomic mass is 16.5. The van der Waals surface area contributed by atoms with Gasteiger partial charge >= 0.3 is 11.9 Å². The maximum atomic E-state index is 12.6. The zero-order valence-electron chi connectivity index (χ0n) is 27.2. The number of hydrogen-bond donors (Lipinski definition) is 0. The molecule has 0 saturated heterocycles. The van der Waals surface area contributed by atoms with Crippen molar-refractivity contribution in [1.29, 1.82) is 0 Å². The second-order valence-corrected chi connectivity index (χ2v) is 11.8. The number of esters is 2. The van der Waals surface area contributed by atoms with E-state index in [1.165, 1.54) is 109 Å². The van der Waals surface area contributed by atoms with E-state index in [0.717, 1.165) is 25.0 Å². The highest BCUT2D eigenvalue weighted by molar-refractivity contribution is 5.92. The summed E-state index contributed by atoms with van der Waals surface area (Å²) in [5.41, 5.74) is 0.903. The smallest absolute Gasteiger partial charge is 0.343 e. The molecular formula is C38H58O5. The first-order valence-corrected chi connectivity index (χ1v) is 17.4. The molecule has 240 valence electrons. The van der Waals surface area contributed by atoms with Gasteiger partial charge in [-0.05, 0) is 61.4 Å². The Labute approximate surface area is 262 Å². The van der Waals surface area contributed by atoms with Gasteiger partial charge in [0.05, 0.1) is 24.3 Å². The standard InChI is InChI=1S/C38H58O5/c1-3-5-7-9-11-13-14-15-16-18-19-21-31-41-35-27-23-34(24-28-35)38(40)43-36-29-25-33(26-30-36)37(39)42-32-22-20-17-12-10-8-6-4-2/h23-30H,3-22,31-32H2,1-2H3. The van der Waals surface area contributed by atoms with Gasteiger partial charge in [0.1, 0.15) is 11.5 Å². The molecule has 0 spiro atoms. The van der Waals surface area contributed by atoms with Crippen LogP contribution in [0.4, 0.5) is 0 Å². The first kappa shape index (κ1) is 36.4. The van der Waals surface area contributed by atoms with Crippen molar-refractivity contribution in [3.8, 4) is 11.5 Å². The largest absolute Gasteiger partial charge is 0.494 e. The average Bonchev–Trinajstić information content (AvgIpc) is 3.03. The lowest BCUT2D eigenvalue weighted by molar-refractivity contribution is 0.0497. The molecule has 5 heteroatoms. The fourth-order valence-electron chi connectivity index (χ4n) is 5.13. The summed E-state index contributed by atoms with van der Waals surface area (Å²) < 4.78 is 16.7. The predicted octanol–water partition coefficient (Wildman–Crippen LogP) is 11.3. The van der Waals surface area contributed by atoms with Crippen molar-refractivity contribution in [3.63, 3.8) is 0 Å². The molecule has 5 nitrogen and oxygen atoms in total. The van der Waals surface area contributed by atoms with E-state index in [9.17, 15) is 9.59 Å². The Morgan fingerprint density at radius 2 is 0.814 bits per heavy atom. The molecule has 2 rings (SSSR count). The van der Waals surface area contributed by atoms with Crippen molar-refractivity contribution < 1.29 is 23.8 Å². The van der Waals surface area contributed by atoms with Gasteiger partial charge in [0.15, 0.2) is 0 Å². The van der Waals surface area contributed by atoms with Crippen LogP contribution < -0.4 is 9.47 Å². The van der Waals surface area contributed by atoms with Gasteiger partial charge < -0.3 is 14.2 Å². The Hall–Kier alpha value is -2.82. The molecule has 0 fully saturated rings. The van der Waals surface area contributed by atoms with Crippen LogP contribution >= 0.6 is 0 Å². The molecule has 0 radical (unpaired) electrons. The average molecular weight is 595 g/mol. The van der Waals surface area contributed by atoms with Crippen LogP contribution in [-0.2, 0) is 4.74 Å². The van der Waals surface area contributed by atoms with Gasteiger partial charge in [-0.15, -0.1) is 0 Å². The minimum atomic E-state index is -0.447. The lowest BCUT2D eigenvalue weighted by Crippen LogP contribution is -2.09. The molecule has 0 aliphatic carbocycles. The lowest BCUT2D eigenvalue weighted by atomic mass is 10.1. The molecule has 0 bridgehead atoms. The maximum Gasteiger partial charge on any atom is 0.343 e. The Balaban J connectivity index is 1.54. The maximum absolute atomic E-state index is 12.6. The summed E-state index contributed by atoms with van der Waals surface area (Å²) in [4.78, 5) is 24.9. The first-order chi connectivity index (χ1) is 21.1. The molecule has 2 aromatic carbocycles. The van der Waals surface area contributed by atoms with Gasteiger partial charge in [0.2, 0.25) is 0 Å². The van der Waals surface area contributed by atoms with E-state index in [1.54, 1.807) is 36.4 Å². The molecule has 0 unspecified atom stereocenters. The summed E-state index contributed by atoms with van der Waals surface area (Å²) in [5, 5.41) is 0. The molecule has 0 saturated carbocycles. The molecule has 0 N–H and O–H groups in total. The summed E-state index contributed by atoms with van der Waals surface area (Å²) in [6.45, 7) is 5.62. The van der Waals surface area contributed by atoms with E-state index < -0.39 is 5.97 Å². The van der Waals surface area contributed by atoms with Crippen LogP contribution in [0.1, 0.15) is 163 Å². The molecule has 2 aromatic rings. The molecule has 0 aliphatic heterocycles. The summed E-state index contributed by atoms with van der Waals surface area (Å²) >= 11 is 0. The van der Waals surface area contributed by atoms with Crippen LogP contribution in [0, 0.1) is 0 Å². The number of unbranched alkanes of at least 4 members (excludes halogenated alkanes) is 18. The highest BCUT2D eigenvalue weighted by Gasteiger charge is 2.11. The van der Waals surface area contributed by atoms with E-state index in [-0.39, 0.29) is 5.97 Å². The van der Waals surface area contributed by atoms with E-state index >= 15 is 0 Å². The van der Waals surface area contributed by atoms with Crippen molar-refractivity contribution in [1.82, 2.24) is 0 Å². The summed E-state index contributed by atoms with van der Waals surface area (Å²) in [6, 6.07) is 13.6. The topological polar surface area (TPSA) is 61.8 Å². The zero-order chi connectivity index (χ0) is 30.8. The van der Waals surface area contributed by atoms with Gasteiger partial charge in [0, 0.05) is 0 Å². The summed E-state index contributed by atoms with van der Waals surface area (Å²) in [5.74, 6) is 0.351. The Bertz CT molecular complexity index is 967. The fraction of sp³-hybridized carbons (Fsp3) is 0.632. The van der Waals surface area contributed by atoms with Gasteiger partial charge in [-0.25, -0.2) is 9.59 Å². The van der Waals surface area contributed by atoms with Crippen LogP contribution in [0.15, 0.2) is 48.5 Å². The van der Waals surface area contributed by atoms with Crippen LogP contribution in [-0.4, -0.2) is 25.2 Å². The van der Waals surface area contributed by atoms with Crippen LogP contribution in [0.3, 0.4) is 0 Å². The Kier molecular flexibility index (Phi) is 20.8. The van der Waals surface area contributed by atoms with Crippen LogP contribution in [0.5, 0.6) is 11.5 Å². The van der Waals surface area contributed by atoms with Gasteiger partial charge in [-0.1, -0.05) is 129 Å². The molecule has 43 heavy (non-hydrogen) atoms. The second-order valence-electron chi connectivity index (χ2n) is 11.8. The van der Waals surface area contributed by atoms with E-state index in [1.807, 2.05) is 12.1 Å². The van der Waals surface area contributed by atoms with Crippen molar-refractivity contribution in [2.24, 2.45) is 0 Å². The minimum Gasteiger partial charge on any atom is -0.494 e. The fourth-order valence-corrected chi connectivity index (χ4v) is 5.13. The normalized spacial score (nSPS) is 10.9. The van der Waals surface area contributed by atoms with Gasteiger partial charge in [0.25, 0.3) is 0 Å². The molecule has 0 aromatic heterocycles. The molecule has 0 aliphatic rings. The monoisotopic (exact) mass is 594 g/mol. The van der Waals surface area contributed by atoms with Gasteiger partial charge in [-0.3, -0.25) is 0 Å². The van der Waals surface area contributed by atoms with E-state index in [4.69, 9.17) is 14.2 Å². The number of benzene rings is 2. The van der Waals surface area contributed by atoms with E-state index in [0.29, 0.717) is 30.1 Å². The molecule has 0 amide bonds. The zero-order valence-corrected chi connectivity index (χ0v) is 27.2. The van der Waals surface area contributed by atoms with E-state index in [2.05, 4.69) is 13.8 Å². The number of rotatable bonds is 26. The number of carbonyl (C=O) groups is 2. The molecule has 0 heterocycles. The number of carbonyl (C=O) groups excluding carboxylic acids is 2. The lowest BCUT2D eigenvalue weighted by Gasteiger charge is -2.08. The van der Waals surface area contributed by atoms with Crippen LogP contribution in [0.25, 0.3) is 0 Å². The van der Waals surface area contributed by atoms with Crippen molar-refractivity contribution in [2.45, 2.75) is 142 Å². The highest BCUT2D eigenvalue weighted by Crippen LogP contribution is 2.18. The molecular weight excluding hydrogens is 536 g/mol. The van der Waals surface area contributed by atoms with Crippen LogP contribution in [0.2, 0.25) is 0 Å². The third kappa shape index (κ3) is 17.8. The Morgan fingerprint density at radius 3 is 1.28 bits per heavy atom.